The summed E-state index contributed by atoms with van der Waals surface area (Å²) in [7, 11) is 1.69. The second-order valence-electron chi connectivity index (χ2n) is 6.63. The number of fused-ring (bicyclic) bond motifs is 1. The summed E-state index contributed by atoms with van der Waals surface area (Å²) >= 11 is 0. The predicted molar refractivity (Wildman–Crippen MR) is 102 cm³/mol. The van der Waals surface area contributed by atoms with Gasteiger partial charge in [-0.1, -0.05) is 24.2 Å². The van der Waals surface area contributed by atoms with Gasteiger partial charge in [0.05, 0.1) is 29.8 Å². The maximum atomic E-state index is 12.7. The van der Waals surface area contributed by atoms with Crippen molar-refractivity contribution in [3.63, 3.8) is 0 Å². The molecular weight excluding hydrogens is 358 g/mol. The number of aromatic amines is 1. The third kappa shape index (κ3) is 3.38. The number of imidazole rings is 1. The molecule has 3 aromatic heterocycles. The van der Waals surface area contributed by atoms with Crippen LogP contribution in [0.2, 0.25) is 0 Å². The number of rotatable bonds is 6. The number of aromatic nitrogens is 6. The Balaban J connectivity index is 1.48. The van der Waals surface area contributed by atoms with E-state index in [1.807, 2.05) is 38.1 Å². The van der Waals surface area contributed by atoms with Crippen molar-refractivity contribution < 1.29 is 9.32 Å². The smallest absolute Gasteiger partial charge is 0.274 e. The highest BCUT2D eigenvalue weighted by Gasteiger charge is 2.18. The summed E-state index contributed by atoms with van der Waals surface area (Å²) in [6.07, 6.45) is 0.662. The van der Waals surface area contributed by atoms with E-state index in [0.717, 1.165) is 22.6 Å². The molecule has 1 N–H and O–H groups in total. The molecule has 0 fully saturated rings. The lowest BCUT2D eigenvalue weighted by Gasteiger charge is -2.12. The third-order valence-electron chi connectivity index (χ3n) is 4.56. The monoisotopic (exact) mass is 379 g/mol. The van der Waals surface area contributed by atoms with E-state index in [4.69, 9.17) is 4.52 Å². The number of H-pyrrole nitrogens is 1. The maximum Gasteiger partial charge on any atom is 0.274 e. The van der Waals surface area contributed by atoms with Gasteiger partial charge in [-0.25, -0.2) is 4.98 Å². The van der Waals surface area contributed by atoms with Gasteiger partial charge in [0, 0.05) is 13.5 Å². The Morgan fingerprint density at radius 2 is 2.11 bits per heavy atom. The first-order valence-corrected chi connectivity index (χ1v) is 9.08. The molecule has 0 aliphatic heterocycles. The van der Waals surface area contributed by atoms with E-state index in [9.17, 15) is 4.79 Å². The van der Waals surface area contributed by atoms with Crippen LogP contribution in [0.4, 0.5) is 0 Å². The summed E-state index contributed by atoms with van der Waals surface area (Å²) in [6, 6.07) is 9.73. The molecule has 28 heavy (non-hydrogen) atoms. The van der Waals surface area contributed by atoms with Crippen molar-refractivity contribution in [2.24, 2.45) is 0 Å². The fraction of sp³-hybridized carbons (Fsp3) is 0.316. The molecule has 0 aliphatic rings. The molecule has 0 unspecified atom stereocenters. The molecule has 0 spiro atoms. The molecule has 1 amide bonds. The first-order valence-electron chi connectivity index (χ1n) is 9.08. The second-order valence-corrected chi connectivity index (χ2v) is 6.63. The molecule has 0 bridgehead atoms. The number of carbonyl (C=O) groups is 1. The number of benzene rings is 1. The first-order chi connectivity index (χ1) is 13.5. The van der Waals surface area contributed by atoms with E-state index >= 15 is 0 Å². The van der Waals surface area contributed by atoms with Gasteiger partial charge in [-0.3, -0.25) is 9.89 Å². The van der Waals surface area contributed by atoms with Crippen LogP contribution in [0.3, 0.4) is 0 Å². The van der Waals surface area contributed by atoms with Gasteiger partial charge in [-0.15, -0.1) is 0 Å². The Morgan fingerprint density at radius 1 is 1.29 bits per heavy atom. The van der Waals surface area contributed by atoms with Gasteiger partial charge in [0.25, 0.3) is 5.91 Å². The van der Waals surface area contributed by atoms with Crippen molar-refractivity contribution in [3.8, 4) is 0 Å². The highest BCUT2D eigenvalue weighted by atomic mass is 16.5. The Bertz CT molecular complexity index is 1120. The number of nitrogens with zero attached hydrogens (tertiary/aromatic N) is 6. The Morgan fingerprint density at radius 3 is 2.89 bits per heavy atom. The standard InChI is InChI=1S/C19H21N7O2/c1-4-18-21-17(24-28-18)11-25(3)19(27)15-9-13(22-23-15)10-26-12(2)20-14-7-5-6-8-16(14)26/h5-9H,4,10-11H2,1-3H3,(H,22,23). The zero-order valence-corrected chi connectivity index (χ0v) is 16.0. The van der Waals surface area contributed by atoms with Crippen LogP contribution in [0, 0.1) is 6.92 Å². The fourth-order valence-corrected chi connectivity index (χ4v) is 3.10. The lowest BCUT2D eigenvalue weighted by atomic mass is 10.3. The van der Waals surface area contributed by atoms with Gasteiger partial charge in [-0.05, 0) is 25.1 Å². The van der Waals surface area contributed by atoms with Gasteiger partial charge < -0.3 is 14.0 Å². The van der Waals surface area contributed by atoms with Crippen molar-refractivity contribution in [2.75, 3.05) is 7.05 Å². The Hall–Kier alpha value is -3.49. The summed E-state index contributed by atoms with van der Waals surface area (Å²) in [4.78, 5) is 23.0. The summed E-state index contributed by atoms with van der Waals surface area (Å²) < 4.78 is 7.17. The zero-order valence-electron chi connectivity index (χ0n) is 16.0. The third-order valence-corrected chi connectivity index (χ3v) is 4.56. The van der Waals surface area contributed by atoms with E-state index in [1.165, 1.54) is 4.90 Å². The molecule has 0 radical (unpaired) electrons. The van der Waals surface area contributed by atoms with Crippen molar-refractivity contribution in [1.29, 1.82) is 0 Å². The molecule has 4 aromatic rings. The SMILES string of the molecule is CCc1nc(CN(C)C(=O)c2cc(Cn3c(C)nc4ccccc43)[nH]n2)no1. The van der Waals surface area contributed by atoms with Gasteiger partial charge in [0.15, 0.2) is 5.82 Å². The topological polar surface area (TPSA) is 106 Å². The minimum Gasteiger partial charge on any atom is -0.339 e. The van der Waals surface area contributed by atoms with Gasteiger partial charge in [-0.2, -0.15) is 10.1 Å². The molecule has 4 rings (SSSR count). The van der Waals surface area contributed by atoms with Gasteiger partial charge >= 0.3 is 0 Å². The molecule has 3 heterocycles. The average Bonchev–Trinajstić information content (AvgIpc) is 3.41. The molecule has 0 atom stereocenters. The maximum absolute atomic E-state index is 12.7. The van der Waals surface area contributed by atoms with Gasteiger partial charge in [0.1, 0.15) is 11.5 Å². The Labute approximate surface area is 161 Å². The summed E-state index contributed by atoms with van der Waals surface area (Å²) in [5.41, 5.74) is 3.17. The number of carbonyl (C=O) groups excluding carboxylic acids is 1. The molecule has 1 aromatic carbocycles. The van der Waals surface area contributed by atoms with Crippen LogP contribution >= 0.6 is 0 Å². The predicted octanol–water partition coefficient (Wildman–Crippen LogP) is 2.33. The van der Waals surface area contributed by atoms with Crippen LogP contribution in [-0.2, 0) is 19.5 Å². The van der Waals surface area contributed by atoms with E-state index in [1.54, 1.807) is 13.1 Å². The molecule has 0 aliphatic carbocycles. The van der Waals surface area contributed by atoms with Crippen molar-refractivity contribution in [3.05, 3.63) is 59.3 Å². The van der Waals surface area contributed by atoms with Crippen LogP contribution in [0.15, 0.2) is 34.9 Å². The normalized spacial score (nSPS) is 11.2. The van der Waals surface area contributed by atoms with Crippen molar-refractivity contribution >= 4 is 16.9 Å². The lowest BCUT2D eigenvalue weighted by molar-refractivity contribution is 0.0774. The largest absolute Gasteiger partial charge is 0.339 e. The number of aryl methyl sites for hydroxylation is 2. The number of hydrogen-bond donors (Lipinski definition) is 1. The number of para-hydroxylation sites is 2. The first kappa shape index (κ1) is 17.9. The fourth-order valence-electron chi connectivity index (χ4n) is 3.10. The molecule has 0 saturated heterocycles. The van der Waals surface area contributed by atoms with E-state index in [2.05, 4.69) is 29.9 Å². The van der Waals surface area contributed by atoms with E-state index < -0.39 is 0 Å². The highest BCUT2D eigenvalue weighted by molar-refractivity contribution is 5.92. The second kappa shape index (κ2) is 7.26. The van der Waals surface area contributed by atoms with Crippen LogP contribution in [0.1, 0.15) is 40.6 Å². The number of nitrogens with one attached hydrogen (secondary N) is 1. The summed E-state index contributed by atoms with van der Waals surface area (Å²) in [5.74, 6) is 1.73. The molecule has 144 valence electrons. The number of hydrogen-bond acceptors (Lipinski definition) is 6. The molecule has 0 saturated carbocycles. The van der Waals surface area contributed by atoms with E-state index in [0.29, 0.717) is 30.4 Å². The molecular formula is C19H21N7O2. The summed E-state index contributed by atoms with van der Waals surface area (Å²) in [6.45, 7) is 4.71. The zero-order chi connectivity index (χ0) is 19.7. The average molecular weight is 379 g/mol. The quantitative estimate of drug-likeness (QED) is 0.551. The van der Waals surface area contributed by atoms with E-state index in [-0.39, 0.29) is 12.5 Å². The van der Waals surface area contributed by atoms with Crippen molar-refractivity contribution in [2.45, 2.75) is 33.4 Å². The molecule has 9 nitrogen and oxygen atoms in total. The van der Waals surface area contributed by atoms with Crippen LogP contribution in [0.5, 0.6) is 0 Å². The lowest BCUT2D eigenvalue weighted by Crippen LogP contribution is -2.27. The minimum atomic E-state index is -0.211. The van der Waals surface area contributed by atoms with Crippen molar-refractivity contribution in [1.82, 2.24) is 34.8 Å². The minimum absolute atomic E-state index is 0.211. The number of amides is 1. The van der Waals surface area contributed by atoms with Crippen LogP contribution in [-0.4, -0.2) is 47.7 Å². The van der Waals surface area contributed by atoms with Gasteiger partial charge in [0.2, 0.25) is 5.89 Å². The summed E-state index contributed by atoms with van der Waals surface area (Å²) in [5, 5.41) is 11.0. The Kier molecular flexibility index (Phi) is 4.64. The van der Waals surface area contributed by atoms with Crippen LogP contribution in [0.25, 0.3) is 11.0 Å². The molecule has 9 heteroatoms. The van der Waals surface area contributed by atoms with Crippen LogP contribution < -0.4 is 0 Å². The highest BCUT2D eigenvalue weighted by Crippen LogP contribution is 2.17.